The first-order valence-corrected chi connectivity index (χ1v) is 10.3. The zero-order valence-corrected chi connectivity index (χ0v) is 14.3. The predicted molar refractivity (Wildman–Crippen MR) is 87.8 cm³/mol. The van der Waals surface area contributed by atoms with Gasteiger partial charge in [-0.15, -0.1) is 22.7 Å². The number of thiazole rings is 1. The molecule has 1 fully saturated rings. The Labute approximate surface area is 140 Å². The van der Waals surface area contributed by atoms with Crippen LogP contribution in [0.5, 0.6) is 0 Å². The van der Waals surface area contributed by atoms with Gasteiger partial charge in [-0.2, -0.15) is 0 Å². The van der Waals surface area contributed by atoms with Gasteiger partial charge in [0.25, 0.3) is 5.91 Å². The molecule has 0 aromatic carbocycles. The van der Waals surface area contributed by atoms with Crippen LogP contribution in [0.3, 0.4) is 0 Å². The first kappa shape index (κ1) is 16.1. The number of carbonyl (C=O) groups is 2. The molecule has 3 rings (SSSR count). The molecule has 10 heteroatoms. The molecule has 1 aliphatic heterocycles. The van der Waals surface area contributed by atoms with Gasteiger partial charge in [-0.25, -0.2) is 13.4 Å². The van der Waals surface area contributed by atoms with Crippen LogP contribution in [0.1, 0.15) is 16.9 Å². The molecule has 0 saturated carbocycles. The van der Waals surface area contributed by atoms with Crippen LogP contribution in [0, 0.1) is 5.92 Å². The zero-order chi connectivity index (χ0) is 16.4. The number of nitrogens with one attached hydrogen (secondary N) is 2. The highest BCUT2D eigenvalue weighted by molar-refractivity contribution is 7.91. The van der Waals surface area contributed by atoms with Crippen molar-refractivity contribution in [3.8, 4) is 9.88 Å². The monoisotopic (exact) mass is 371 g/mol. The molecular formula is C13H13N3O4S3. The van der Waals surface area contributed by atoms with Crippen molar-refractivity contribution in [3.63, 3.8) is 0 Å². The highest BCUT2D eigenvalue weighted by Crippen LogP contribution is 2.27. The van der Waals surface area contributed by atoms with Gasteiger partial charge in [0.05, 0.1) is 22.3 Å². The van der Waals surface area contributed by atoms with Crippen molar-refractivity contribution in [1.82, 2.24) is 15.8 Å². The minimum absolute atomic E-state index is 0.00922. The first-order chi connectivity index (χ1) is 10.9. The molecule has 122 valence electrons. The van der Waals surface area contributed by atoms with E-state index in [1.54, 1.807) is 5.38 Å². The molecular weight excluding hydrogens is 358 g/mol. The number of hydrazine groups is 1. The number of thiophene rings is 1. The summed E-state index contributed by atoms with van der Waals surface area (Å²) in [5, 5.41) is 4.27. The van der Waals surface area contributed by atoms with E-state index in [1.807, 2.05) is 17.5 Å². The molecule has 2 amide bonds. The lowest BCUT2D eigenvalue weighted by Crippen LogP contribution is -2.45. The average molecular weight is 371 g/mol. The molecule has 1 saturated heterocycles. The van der Waals surface area contributed by atoms with Gasteiger partial charge in [-0.3, -0.25) is 20.4 Å². The lowest BCUT2D eigenvalue weighted by atomic mass is 10.1. The van der Waals surface area contributed by atoms with E-state index in [9.17, 15) is 18.0 Å². The molecule has 2 aromatic heterocycles. The van der Waals surface area contributed by atoms with E-state index < -0.39 is 27.6 Å². The second-order valence-corrected chi connectivity index (χ2v) is 9.09. The highest BCUT2D eigenvalue weighted by atomic mass is 32.2. The number of hydrogen-bond acceptors (Lipinski definition) is 7. The number of aromatic nitrogens is 1. The number of rotatable bonds is 3. The Balaban J connectivity index is 1.57. The van der Waals surface area contributed by atoms with Crippen molar-refractivity contribution in [3.05, 3.63) is 28.6 Å². The maximum atomic E-state index is 12.0. The topological polar surface area (TPSA) is 105 Å². The van der Waals surface area contributed by atoms with Crippen molar-refractivity contribution in [2.75, 3.05) is 11.5 Å². The maximum Gasteiger partial charge on any atom is 0.289 e. The quantitative estimate of drug-likeness (QED) is 0.785. The van der Waals surface area contributed by atoms with E-state index in [-0.39, 0.29) is 23.6 Å². The highest BCUT2D eigenvalue weighted by Gasteiger charge is 2.33. The molecule has 2 N–H and O–H groups in total. The van der Waals surface area contributed by atoms with Crippen LogP contribution < -0.4 is 10.9 Å². The minimum Gasteiger partial charge on any atom is -0.273 e. The average Bonchev–Trinajstić information content (AvgIpc) is 3.23. The van der Waals surface area contributed by atoms with Crippen molar-refractivity contribution in [2.24, 2.45) is 5.92 Å². The molecule has 3 heterocycles. The van der Waals surface area contributed by atoms with Crippen LogP contribution in [0.25, 0.3) is 9.88 Å². The molecule has 0 aliphatic carbocycles. The zero-order valence-electron chi connectivity index (χ0n) is 11.8. The van der Waals surface area contributed by atoms with Gasteiger partial charge in [0, 0.05) is 5.38 Å². The number of hydrogen-bond donors (Lipinski definition) is 2. The van der Waals surface area contributed by atoms with Gasteiger partial charge < -0.3 is 0 Å². The van der Waals surface area contributed by atoms with Gasteiger partial charge >= 0.3 is 0 Å². The predicted octanol–water partition coefficient (Wildman–Crippen LogP) is 1.07. The van der Waals surface area contributed by atoms with E-state index in [0.29, 0.717) is 0 Å². The Morgan fingerprint density at radius 1 is 1.26 bits per heavy atom. The molecule has 1 atom stereocenters. The molecule has 1 aliphatic rings. The Bertz CT molecular complexity index is 827. The Morgan fingerprint density at radius 3 is 2.74 bits per heavy atom. The van der Waals surface area contributed by atoms with E-state index in [2.05, 4.69) is 15.8 Å². The second kappa shape index (κ2) is 6.38. The summed E-state index contributed by atoms with van der Waals surface area (Å²) in [6, 6.07) is 3.81. The van der Waals surface area contributed by atoms with Crippen LogP contribution in [-0.2, 0) is 14.6 Å². The third kappa shape index (κ3) is 3.77. The second-order valence-electron chi connectivity index (χ2n) is 5.06. The van der Waals surface area contributed by atoms with Crippen molar-refractivity contribution >= 4 is 44.3 Å². The van der Waals surface area contributed by atoms with Crippen LogP contribution in [0.15, 0.2) is 22.9 Å². The molecule has 7 nitrogen and oxygen atoms in total. The minimum atomic E-state index is -3.14. The third-order valence-corrected chi connectivity index (χ3v) is 7.02. The fraction of sp³-hybridized carbons (Fsp3) is 0.308. The number of sulfone groups is 1. The van der Waals surface area contributed by atoms with Crippen LogP contribution >= 0.6 is 22.7 Å². The van der Waals surface area contributed by atoms with Crippen molar-refractivity contribution in [1.29, 1.82) is 0 Å². The smallest absolute Gasteiger partial charge is 0.273 e. The van der Waals surface area contributed by atoms with E-state index in [0.717, 1.165) is 9.88 Å². The Kier molecular flexibility index (Phi) is 4.46. The fourth-order valence-electron chi connectivity index (χ4n) is 2.18. The Hall–Kier alpha value is -1.78. The lowest BCUT2D eigenvalue weighted by Gasteiger charge is -2.09. The normalized spacial score (nSPS) is 19.4. The van der Waals surface area contributed by atoms with E-state index in [4.69, 9.17) is 0 Å². The largest absolute Gasteiger partial charge is 0.289 e. The third-order valence-electron chi connectivity index (χ3n) is 3.37. The molecule has 0 bridgehead atoms. The van der Waals surface area contributed by atoms with Crippen molar-refractivity contribution < 1.29 is 18.0 Å². The summed E-state index contributed by atoms with van der Waals surface area (Å²) in [7, 11) is -3.14. The van der Waals surface area contributed by atoms with Gasteiger partial charge in [0.15, 0.2) is 9.84 Å². The van der Waals surface area contributed by atoms with Crippen LogP contribution in [0.2, 0.25) is 0 Å². The summed E-state index contributed by atoms with van der Waals surface area (Å²) in [6.07, 6.45) is 0.281. The maximum absolute atomic E-state index is 12.0. The first-order valence-electron chi connectivity index (χ1n) is 6.74. The molecule has 0 radical (unpaired) electrons. The summed E-state index contributed by atoms with van der Waals surface area (Å²) in [6.45, 7) is 0. The summed E-state index contributed by atoms with van der Waals surface area (Å²) in [5.41, 5.74) is 4.75. The van der Waals surface area contributed by atoms with Gasteiger partial charge in [0.1, 0.15) is 10.7 Å². The molecule has 0 unspecified atom stereocenters. The summed E-state index contributed by atoms with van der Waals surface area (Å²) in [4.78, 5) is 29.0. The van der Waals surface area contributed by atoms with Gasteiger partial charge in [0.2, 0.25) is 5.91 Å². The van der Waals surface area contributed by atoms with Gasteiger partial charge in [-0.05, 0) is 17.9 Å². The van der Waals surface area contributed by atoms with Crippen molar-refractivity contribution in [2.45, 2.75) is 6.42 Å². The lowest BCUT2D eigenvalue weighted by molar-refractivity contribution is -0.125. The SMILES string of the molecule is O=C(NNC(=O)[C@H]1CCS(=O)(=O)C1)c1csc(-c2cccs2)n1. The standard InChI is InChI=1S/C13H13N3O4S3/c17-11(8-3-5-23(19,20)7-8)15-16-12(18)9-6-22-13(14-9)10-2-1-4-21-10/h1-2,4,6,8H,3,5,7H2,(H,15,17)(H,16,18)/t8-/m0/s1. The summed E-state index contributed by atoms with van der Waals surface area (Å²) in [5.74, 6) is -1.80. The summed E-state index contributed by atoms with van der Waals surface area (Å²) < 4.78 is 22.7. The van der Waals surface area contributed by atoms with Crippen LogP contribution in [0.4, 0.5) is 0 Å². The molecule has 0 spiro atoms. The Morgan fingerprint density at radius 2 is 2.09 bits per heavy atom. The van der Waals surface area contributed by atoms with Crippen LogP contribution in [-0.4, -0.2) is 36.7 Å². The van der Waals surface area contributed by atoms with E-state index in [1.165, 1.54) is 22.7 Å². The number of nitrogens with zero attached hydrogens (tertiary/aromatic N) is 1. The number of carbonyl (C=O) groups excluding carboxylic acids is 2. The fourth-order valence-corrected chi connectivity index (χ4v) is 5.53. The number of amides is 2. The van der Waals surface area contributed by atoms with E-state index >= 15 is 0 Å². The van der Waals surface area contributed by atoms with Gasteiger partial charge in [-0.1, -0.05) is 6.07 Å². The molecule has 23 heavy (non-hydrogen) atoms. The molecule has 2 aromatic rings. The summed E-state index contributed by atoms with van der Waals surface area (Å²) >= 11 is 2.87.